The van der Waals surface area contributed by atoms with Crippen LogP contribution in [0.4, 0.5) is 0 Å². The van der Waals surface area contributed by atoms with E-state index in [0.717, 1.165) is 5.56 Å². The molecule has 24 heavy (non-hydrogen) atoms. The summed E-state index contributed by atoms with van der Waals surface area (Å²) in [6, 6.07) is 7.58. The first-order chi connectivity index (χ1) is 10.6. The van der Waals surface area contributed by atoms with E-state index in [2.05, 4.69) is 15.6 Å². The van der Waals surface area contributed by atoms with Crippen molar-refractivity contribution in [3.05, 3.63) is 34.9 Å². The summed E-state index contributed by atoms with van der Waals surface area (Å²) in [6.45, 7) is 7.43. The highest BCUT2D eigenvalue weighted by Gasteiger charge is 2.28. The van der Waals surface area contributed by atoms with Crippen molar-refractivity contribution >= 4 is 51.4 Å². The highest BCUT2D eigenvalue weighted by molar-refractivity contribution is 14.0. The van der Waals surface area contributed by atoms with Gasteiger partial charge in [0.2, 0.25) is 0 Å². The maximum atomic E-state index is 12.1. The molecule has 0 spiro atoms. The molecule has 0 saturated carbocycles. The third-order valence-electron chi connectivity index (χ3n) is 3.54. The van der Waals surface area contributed by atoms with Crippen molar-refractivity contribution in [2.45, 2.75) is 38.5 Å². The molecule has 5 nitrogen and oxygen atoms in total. The SMILES string of the molecule is CN=C(NCCS(=O)(=O)C(C)(C)C)NC(C)c1ccc(Cl)cc1.I. The van der Waals surface area contributed by atoms with Crippen LogP contribution in [0.3, 0.4) is 0 Å². The summed E-state index contributed by atoms with van der Waals surface area (Å²) in [5, 5.41) is 6.96. The lowest BCUT2D eigenvalue weighted by atomic mass is 10.1. The molecule has 0 aliphatic heterocycles. The van der Waals surface area contributed by atoms with Crippen molar-refractivity contribution in [2.75, 3.05) is 19.3 Å². The van der Waals surface area contributed by atoms with Crippen molar-refractivity contribution < 1.29 is 8.42 Å². The normalized spacial score (nSPS) is 13.8. The fourth-order valence-corrected chi connectivity index (χ4v) is 2.95. The van der Waals surface area contributed by atoms with Crippen LogP contribution in [0, 0.1) is 0 Å². The third-order valence-corrected chi connectivity index (χ3v) is 6.40. The smallest absolute Gasteiger partial charge is 0.191 e. The van der Waals surface area contributed by atoms with Crippen LogP contribution >= 0.6 is 35.6 Å². The fraction of sp³-hybridized carbons (Fsp3) is 0.562. The second kappa shape index (κ2) is 9.82. The quantitative estimate of drug-likeness (QED) is 0.379. The van der Waals surface area contributed by atoms with E-state index in [-0.39, 0.29) is 35.8 Å². The van der Waals surface area contributed by atoms with Gasteiger partial charge in [-0.25, -0.2) is 8.42 Å². The molecule has 0 aliphatic carbocycles. The highest BCUT2D eigenvalue weighted by atomic mass is 127. The summed E-state index contributed by atoms with van der Waals surface area (Å²) < 4.78 is 23.4. The van der Waals surface area contributed by atoms with Crippen molar-refractivity contribution in [2.24, 2.45) is 4.99 Å². The summed E-state index contributed by atoms with van der Waals surface area (Å²) in [5.41, 5.74) is 1.07. The lowest BCUT2D eigenvalue weighted by molar-refractivity contribution is 0.558. The molecule has 0 aliphatic rings. The molecule has 1 unspecified atom stereocenters. The Morgan fingerprint density at radius 3 is 2.25 bits per heavy atom. The van der Waals surface area contributed by atoms with Crippen LogP contribution in [0.15, 0.2) is 29.3 Å². The Morgan fingerprint density at radius 1 is 1.25 bits per heavy atom. The first-order valence-electron chi connectivity index (χ1n) is 7.52. The molecule has 0 saturated heterocycles. The van der Waals surface area contributed by atoms with E-state index >= 15 is 0 Å². The molecule has 1 aromatic carbocycles. The molecule has 0 radical (unpaired) electrons. The monoisotopic (exact) mass is 487 g/mol. The Bertz CT molecular complexity index is 640. The van der Waals surface area contributed by atoms with Crippen LogP contribution in [-0.2, 0) is 9.84 Å². The molecular formula is C16H27ClIN3O2S. The molecule has 1 rings (SSSR count). The highest BCUT2D eigenvalue weighted by Crippen LogP contribution is 2.16. The van der Waals surface area contributed by atoms with Gasteiger partial charge in [0.25, 0.3) is 0 Å². The number of nitrogens with one attached hydrogen (secondary N) is 2. The van der Waals surface area contributed by atoms with Crippen LogP contribution in [-0.4, -0.2) is 38.5 Å². The zero-order valence-corrected chi connectivity index (χ0v) is 18.7. The summed E-state index contributed by atoms with van der Waals surface area (Å²) in [6.07, 6.45) is 0. The van der Waals surface area contributed by atoms with Crippen molar-refractivity contribution in [3.63, 3.8) is 0 Å². The Kier molecular flexibility index (Phi) is 9.60. The minimum atomic E-state index is -3.15. The molecule has 1 atom stereocenters. The van der Waals surface area contributed by atoms with Gasteiger partial charge in [0, 0.05) is 18.6 Å². The van der Waals surface area contributed by atoms with Gasteiger partial charge in [-0.05, 0) is 45.4 Å². The van der Waals surface area contributed by atoms with Gasteiger partial charge in [-0.3, -0.25) is 4.99 Å². The Morgan fingerprint density at radius 2 is 1.79 bits per heavy atom. The lowest BCUT2D eigenvalue weighted by Crippen LogP contribution is -2.42. The summed E-state index contributed by atoms with van der Waals surface area (Å²) in [4.78, 5) is 4.13. The van der Waals surface area contributed by atoms with Gasteiger partial charge in [0.15, 0.2) is 15.8 Å². The van der Waals surface area contributed by atoms with Crippen LogP contribution in [0.2, 0.25) is 5.02 Å². The molecule has 1 aromatic rings. The van der Waals surface area contributed by atoms with Gasteiger partial charge in [0.05, 0.1) is 16.5 Å². The van der Waals surface area contributed by atoms with Crippen molar-refractivity contribution in [1.82, 2.24) is 10.6 Å². The first-order valence-corrected chi connectivity index (χ1v) is 9.55. The Balaban J connectivity index is 0.00000529. The Hall–Kier alpha value is -0.540. The fourth-order valence-electron chi connectivity index (χ4n) is 1.84. The molecular weight excluding hydrogens is 461 g/mol. The van der Waals surface area contributed by atoms with Crippen molar-refractivity contribution in [3.8, 4) is 0 Å². The average Bonchev–Trinajstić information content (AvgIpc) is 2.45. The van der Waals surface area contributed by atoms with E-state index in [9.17, 15) is 8.42 Å². The third kappa shape index (κ3) is 7.14. The van der Waals surface area contributed by atoms with E-state index in [1.807, 2.05) is 31.2 Å². The number of aliphatic imine (C=N–C) groups is 1. The molecule has 2 N–H and O–H groups in total. The standard InChI is InChI=1S/C16H26ClN3O2S.HI/c1-12(13-6-8-14(17)9-7-13)20-15(18-5)19-10-11-23(21,22)16(2,3)4;/h6-9,12H,10-11H2,1-5H3,(H2,18,19,20);1H. The Labute approximate surface area is 167 Å². The van der Waals surface area contributed by atoms with Gasteiger partial charge in [-0.15, -0.1) is 24.0 Å². The molecule has 0 aromatic heterocycles. The largest absolute Gasteiger partial charge is 0.355 e. The number of hydrogen-bond donors (Lipinski definition) is 2. The van der Waals surface area contributed by atoms with Crippen molar-refractivity contribution in [1.29, 1.82) is 0 Å². The van der Waals surface area contributed by atoms with Gasteiger partial charge in [-0.2, -0.15) is 0 Å². The van der Waals surface area contributed by atoms with Gasteiger partial charge < -0.3 is 10.6 Å². The number of rotatable bonds is 5. The van der Waals surface area contributed by atoms with Gasteiger partial charge in [0.1, 0.15) is 0 Å². The van der Waals surface area contributed by atoms with E-state index < -0.39 is 14.6 Å². The number of sulfone groups is 1. The summed E-state index contributed by atoms with van der Waals surface area (Å²) in [7, 11) is -1.49. The summed E-state index contributed by atoms with van der Waals surface area (Å²) in [5.74, 6) is 0.628. The first kappa shape index (κ1) is 23.5. The second-order valence-electron chi connectivity index (χ2n) is 6.35. The second-order valence-corrected chi connectivity index (χ2v) is 9.65. The van der Waals surface area contributed by atoms with Crippen LogP contribution in [0.25, 0.3) is 0 Å². The van der Waals surface area contributed by atoms with Gasteiger partial charge >= 0.3 is 0 Å². The number of nitrogens with zero attached hydrogens (tertiary/aromatic N) is 1. The lowest BCUT2D eigenvalue weighted by Gasteiger charge is -2.21. The minimum Gasteiger partial charge on any atom is -0.355 e. The molecule has 138 valence electrons. The van der Waals surface area contributed by atoms with E-state index in [1.54, 1.807) is 27.8 Å². The van der Waals surface area contributed by atoms with E-state index in [0.29, 0.717) is 17.5 Å². The van der Waals surface area contributed by atoms with Crippen LogP contribution < -0.4 is 10.6 Å². The summed E-state index contributed by atoms with van der Waals surface area (Å²) >= 11 is 5.88. The number of guanidine groups is 1. The number of halogens is 2. The predicted molar refractivity (Wildman–Crippen MR) is 113 cm³/mol. The van der Waals surface area contributed by atoms with Gasteiger partial charge in [-0.1, -0.05) is 23.7 Å². The predicted octanol–water partition coefficient (Wildman–Crippen LogP) is 3.40. The molecule has 0 heterocycles. The molecule has 8 heteroatoms. The topological polar surface area (TPSA) is 70.6 Å². The zero-order valence-electron chi connectivity index (χ0n) is 14.8. The molecule has 0 bridgehead atoms. The maximum Gasteiger partial charge on any atom is 0.191 e. The van der Waals surface area contributed by atoms with Crippen LogP contribution in [0.1, 0.15) is 39.3 Å². The minimum absolute atomic E-state index is 0. The molecule has 0 amide bonds. The van der Waals surface area contributed by atoms with E-state index in [1.165, 1.54) is 0 Å². The average molecular weight is 488 g/mol. The number of benzene rings is 1. The zero-order chi connectivity index (χ0) is 17.7. The number of hydrogen-bond acceptors (Lipinski definition) is 3. The van der Waals surface area contributed by atoms with Crippen LogP contribution in [0.5, 0.6) is 0 Å². The maximum absolute atomic E-state index is 12.1. The molecule has 0 fully saturated rings. The van der Waals surface area contributed by atoms with E-state index in [4.69, 9.17) is 11.6 Å².